The quantitative estimate of drug-likeness (QED) is 0.0445. The zero-order valence-electron chi connectivity index (χ0n) is 42.2. The van der Waals surface area contributed by atoms with Crippen molar-refractivity contribution in [1.82, 2.24) is 9.80 Å². The Balaban J connectivity index is 5.27. The molecule has 2 atom stereocenters. The number of hydrogen-bond acceptors (Lipinski definition) is 7. The van der Waals surface area contributed by atoms with Crippen molar-refractivity contribution < 1.29 is 23.9 Å². The number of hydrogen-bond donors (Lipinski definition) is 0. The second kappa shape index (κ2) is 45.1. The minimum absolute atomic E-state index is 0.0293. The van der Waals surface area contributed by atoms with E-state index in [4.69, 9.17) is 9.47 Å². The van der Waals surface area contributed by atoms with Gasteiger partial charge in [-0.05, 0) is 103 Å². The lowest BCUT2D eigenvalue weighted by molar-refractivity contribution is -0.146. The maximum atomic E-state index is 13.1. The Hall–Kier alpha value is -1.47. The lowest BCUT2D eigenvalue weighted by atomic mass is 9.96. The minimum Gasteiger partial charge on any atom is -0.465 e. The summed E-state index contributed by atoms with van der Waals surface area (Å²) in [7, 11) is 4.28. The van der Waals surface area contributed by atoms with Gasteiger partial charge in [-0.3, -0.25) is 19.3 Å². The first kappa shape index (κ1) is 59.5. The lowest BCUT2D eigenvalue weighted by Crippen LogP contribution is -2.38. The Bertz CT molecular complexity index is 923. The molecular formula is C54H106N2O5. The van der Waals surface area contributed by atoms with Gasteiger partial charge in [-0.2, -0.15) is 0 Å². The molecule has 0 saturated heterocycles. The van der Waals surface area contributed by atoms with Crippen LogP contribution in [-0.4, -0.2) is 80.5 Å². The SMILES string of the molecule is CCCCCCCCCC(=O)CCN(CCCN(C)C)C(CCCCCC(=O)OCC(CCCC)CCCCCC)CCCCCC(=O)OCC(CCCC)CCCCCC. The summed E-state index contributed by atoms with van der Waals surface area (Å²) in [4.78, 5) is 43.6. The number of Topliss-reactive ketones (excluding diaryl/α,β-unsaturated/α-hetero) is 1. The number of ether oxygens (including phenoxy) is 2. The molecule has 7 heteroatoms. The molecule has 2 unspecified atom stereocenters. The number of unbranched alkanes of at least 4 members (excludes halogenated alkanes) is 18. The molecule has 0 bridgehead atoms. The summed E-state index contributed by atoms with van der Waals surface area (Å²) in [6, 6.07) is 0.409. The van der Waals surface area contributed by atoms with Crippen LogP contribution in [0.4, 0.5) is 0 Å². The Morgan fingerprint density at radius 1 is 0.377 bits per heavy atom. The molecule has 0 saturated carbocycles. The van der Waals surface area contributed by atoms with E-state index >= 15 is 0 Å². The summed E-state index contributed by atoms with van der Waals surface area (Å²) in [6.45, 7) is 15.3. The molecule has 61 heavy (non-hydrogen) atoms. The number of rotatable bonds is 48. The number of esters is 2. The molecule has 0 aromatic heterocycles. The average molecular weight is 863 g/mol. The predicted octanol–water partition coefficient (Wildman–Crippen LogP) is 15.2. The topological polar surface area (TPSA) is 76.2 Å². The Morgan fingerprint density at radius 2 is 0.754 bits per heavy atom. The van der Waals surface area contributed by atoms with E-state index in [1.807, 2.05) is 0 Å². The van der Waals surface area contributed by atoms with Crippen molar-refractivity contribution in [2.75, 3.05) is 46.9 Å². The molecular weight excluding hydrogens is 757 g/mol. The molecule has 0 aromatic rings. The average Bonchev–Trinajstić information content (AvgIpc) is 3.24. The van der Waals surface area contributed by atoms with E-state index in [9.17, 15) is 14.4 Å². The fourth-order valence-electron chi connectivity index (χ4n) is 8.79. The van der Waals surface area contributed by atoms with Gasteiger partial charge in [0.15, 0.2) is 0 Å². The zero-order valence-corrected chi connectivity index (χ0v) is 42.2. The van der Waals surface area contributed by atoms with Crippen LogP contribution in [0.15, 0.2) is 0 Å². The highest BCUT2D eigenvalue weighted by Crippen LogP contribution is 2.22. The van der Waals surface area contributed by atoms with Crippen LogP contribution in [0, 0.1) is 11.8 Å². The van der Waals surface area contributed by atoms with Crippen LogP contribution in [-0.2, 0) is 23.9 Å². The third-order valence-corrected chi connectivity index (χ3v) is 13.0. The van der Waals surface area contributed by atoms with Gasteiger partial charge in [0.05, 0.1) is 13.2 Å². The van der Waals surface area contributed by atoms with Crippen molar-refractivity contribution in [3.8, 4) is 0 Å². The van der Waals surface area contributed by atoms with Gasteiger partial charge in [0.2, 0.25) is 0 Å². The first-order valence-corrected chi connectivity index (χ1v) is 26.9. The first-order chi connectivity index (χ1) is 29.7. The molecule has 0 amide bonds. The highest BCUT2D eigenvalue weighted by atomic mass is 16.5. The van der Waals surface area contributed by atoms with Crippen molar-refractivity contribution in [3.63, 3.8) is 0 Å². The van der Waals surface area contributed by atoms with Gasteiger partial charge < -0.3 is 14.4 Å². The smallest absolute Gasteiger partial charge is 0.305 e. The largest absolute Gasteiger partial charge is 0.465 e. The van der Waals surface area contributed by atoms with E-state index < -0.39 is 0 Å². The summed E-state index contributed by atoms with van der Waals surface area (Å²) >= 11 is 0. The monoisotopic (exact) mass is 863 g/mol. The second-order valence-corrected chi connectivity index (χ2v) is 19.3. The molecule has 7 nitrogen and oxygen atoms in total. The Kier molecular flexibility index (Phi) is 44.0. The van der Waals surface area contributed by atoms with Crippen molar-refractivity contribution in [3.05, 3.63) is 0 Å². The summed E-state index contributed by atoms with van der Waals surface area (Å²) in [6.07, 6.45) is 39.8. The van der Waals surface area contributed by atoms with Crippen LogP contribution in [0.5, 0.6) is 0 Å². The van der Waals surface area contributed by atoms with E-state index in [1.165, 1.54) is 128 Å². The molecule has 0 aliphatic carbocycles. The van der Waals surface area contributed by atoms with Gasteiger partial charge >= 0.3 is 11.9 Å². The normalized spacial score (nSPS) is 13.2. The van der Waals surface area contributed by atoms with Crippen LogP contribution in [0.3, 0.4) is 0 Å². The van der Waals surface area contributed by atoms with Gasteiger partial charge in [0.1, 0.15) is 5.78 Å². The zero-order chi connectivity index (χ0) is 45.0. The molecule has 0 fully saturated rings. The molecule has 0 spiro atoms. The van der Waals surface area contributed by atoms with Crippen LogP contribution in [0.2, 0.25) is 0 Å². The summed E-state index contributed by atoms with van der Waals surface area (Å²) in [5, 5.41) is 0. The predicted molar refractivity (Wildman–Crippen MR) is 262 cm³/mol. The summed E-state index contributed by atoms with van der Waals surface area (Å²) in [5.41, 5.74) is 0. The number of ketones is 1. The van der Waals surface area contributed by atoms with Gasteiger partial charge in [-0.15, -0.1) is 0 Å². The van der Waals surface area contributed by atoms with E-state index in [2.05, 4.69) is 58.5 Å². The Labute approximate surface area is 380 Å². The van der Waals surface area contributed by atoms with Crippen molar-refractivity contribution in [2.24, 2.45) is 11.8 Å². The second-order valence-electron chi connectivity index (χ2n) is 19.3. The number of carbonyl (C=O) groups is 3. The van der Waals surface area contributed by atoms with Crippen molar-refractivity contribution in [1.29, 1.82) is 0 Å². The van der Waals surface area contributed by atoms with Crippen molar-refractivity contribution >= 4 is 17.7 Å². The maximum absolute atomic E-state index is 13.1. The van der Waals surface area contributed by atoms with E-state index in [0.29, 0.717) is 62.6 Å². The molecule has 0 radical (unpaired) electrons. The first-order valence-electron chi connectivity index (χ1n) is 26.9. The molecule has 0 N–H and O–H groups in total. The van der Waals surface area contributed by atoms with Crippen LogP contribution in [0.25, 0.3) is 0 Å². The highest BCUT2D eigenvalue weighted by Gasteiger charge is 2.20. The molecule has 0 rings (SSSR count). The number of carbonyl (C=O) groups excluding carboxylic acids is 3. The van der Waals surface area contributed by atoms with Crippen LogP contribution >= 0.6 is 0 Å². The maximum Gasteiger partial charge on any atom is 0.305 e. The third kappa shape index (κ3) is 39.8. The summed E-state index contributed by atoms with van der Waals surface area (Å²) < 4.78 is 11.7. The van der Waals surface area contributed by atoms with Gasteiger partial charge in [-0.25, -0.2) is 0 Å². The molecule has 0 heterocycles. The molecule has 0 aliphatic rings. The minimum atomic E-state index is -0.0293. The molecule has 362 valence electrons. The van der Waals surface area contributed by atoms with Gasteiger partial charge in [0, 0.05) is 38.3 Å². The molecule has 0 aliphatic heterocycles. The van der Waals surface area contributed by atoms with Gasteiger partial charge in [-0.1, -0.05) is 176 Å². The van der Waals surface area contributed by atoms with Crippen LogP contribution < -0.4 is 0 Å². The van der Waals surface area contributed by atoms with E-state index in [-0.39, 0.29) is 11.9 Å². The van der Waals surface area contributed by atoms with Gasteiger partial charge in [0.25, 0.3) is 0 Å². The van der Waals surface area contributed by atoms with E-state index in [1.54, 1.807) is 0 Å². The third-order valence-electron chi connectivity index (χ3n) is 13.0. The van der Waals surface area contributed by atoms with Crippen LogP contribution in [0.1, 0.15) is 266 Å². The fourth-order valence-corrected chi connectivity index (χ4v) is 8.79. The summed E-state index contributed by atoms with van der Waals surface area (Å²) in [5.74, 6) is 1.36. The number of nitrogens with zero attached hydrogens (tertiary/aromatic N) is 2. The highest BCUT2D eigenvalue weighted by molar-refractivity contribution is 5.78. The Morgan fingerprint density at radius 3 is 1.21 bits per heavy atom. The lowest BCUT2D eigenvalue weighted by Gasteiger charge is -2.32. The van der Waals surface area contributed by atoms with E-state index in [0.717, 1.165) is 96.7 Å². The van der Waals surface area contributed by atoms with Crippen molar-refractivity contribution in [2.45, 2.75) is 272 Å². The standard InChI is InChI=1S/C54H106N2O5/c1-8-13-18-21-22-23-30-40-52(57)43-46-56(45-33-44-55(6)7)51(38-28-24-31-41-53(58)60-47-49(34-16-11-4)36-26-19-14-9-2)39-29-25-32-42-54(59)61-48-50(35-17-12-5)37-27-20-15-10-3/h49-51H,8-48H2,1-7H3. The molecule has 0 aromatic carbocycles. The fraction of sp³-hybridized carbons (Fsp3) is 0.944.